The van der Waals surface area contributed by atoms with Crippen molar-refractivity contribution >= 4 is 108 Å². The standard InChI is InChI=1S/C49H54N4O20S6Si/c1-48(2)23-31(27-74(56,57)58)35-19-37-43(21-39(35)52(48)25-29-10-12-33(76(62,63)64)17-41(29)78(68,69)70)80(6,7)44-22-40-36(20-38(44)46(37)47-50(5)15-16-51(47)14-8-9-45(54)55)32(28-75(59,60)61)24-49(3,4)53(40)26-30-11-13-34(77(65,66)67)18-42(30)79(71,72)73/h10-13,15-24H,8-9,14,25-28H2,1-7H3,(H5-2,54,55,56,57,58,59,60,61,62,63,64,65,66,67,68,69,70,71,72,73)/p+2. The summed E-state index contributed by atoms with van der Waals surface area (Å²) in [5, 5.41) is 11.7. The molecule has 4 aromatic carbocycles. The maximum absolute atomic E-state index is 13.0. The van der Waals surface area contributed by atoms with E-state index in [1.54, 1.807) is 90.0 Å². The van der Waals surface area contributed by atoms with Gasteiger partial charge in [0.25, 0.3) is 66.5 Å². The quantitative estimate of drug-likeness (QED) is 0.0393. The number of hydrogen-bond acceptors (Lipinski definition) is 14. The Morgan fingerprint density at radius 1 is 0.637 bits per heavy atom. The first-order valence-electron chi connectivity index (χ1n) is 24.0. The fourth-order valence-electron chi connectivity index (χ4n) is 11.0. The Morgan fingerprint density at radius 3 is 1.70 bits per heavy atom. The summed E-state index contributed by atoms with van der Waals surface area (Å²) in [6, 6.07) is 12.1. The predicted octanol–water partition coefficient (Wildman–Crippen LogP) is 1.37. The van der Waals surface area contributed by atoms with Gasteiger partial charge in [-0.1, -0.05) is 25.2 Å². The second-order valence-electron chi connectivity index (χ2n) is 21.5. The van der Waals surface area contributed by atoms with Gasteiger partial charge in [0.05, 0.1) is 40.1 Å². The topological polar surface area (TPSA) is 379 Å². The summed E-state index contributed by atoms with van der Waals surface area (Å²) in [4.78, 5) is 10.1. The second-order valence-corrected chi connectivity index (χ2v) is 34.3. The van der Waals surface area contributed by atoms with Crippen LogP contribution in [0.4, 0.5) is 5.69 Å². The van der Waals surface area contributed by atoms with Crippen LogP contribution < -0.4 is 35.0 Å². The summed E-state index contributed by atoms with van der Waals surface area (Å²) >= 11 is 0. The van der Waals surface area contributed by atoms with E-state index in [0.29, 0.717) is 44.7 Å². The first-order valence-corrected chi connectivity index (χ1v) is 35.9. The number of carboxylic acid groups (broad SMARTS) is 1. The fraction of sp³-hybridized carbons (Fsp3) is 0.327. The lowest BCUT2D eigenvalue weighted by Gasteiger charge is -2.45. The molecule has 80 heavy (non-hydrogen) atoms. The van der Waals surface area contributed by atoms with Gasteiger partial charge in [-0.3, -0.25) is 32.1 Å². The molecule has 430 valence electrons. The SMILES string of the molecule is C[n+]1ccn(CCCC(=O)O)c1C1=c2cc3c(cc2[Si](C)(C)c2cc4c(cc21)C(CS(=O)(=O)O)=CC(C)(C)N4Cc1ccc(S(=O)(=O)O)cc1S(=O)(=O)O)=[N+](Cc1ccc(S(=O)(=O)O)cc1S(=O)(=O)O)C(C)(C)C=C3CS(=O)(=O)O. The van der Waals surface area contributed by atoms with E-state index < -0.39 is 130 Å². The predicted molar refractivity (Wildman–Crippen MR) is 293 cm³/mol. The number of hydrogen-bond donors (Lipinski definition) is 7. The Hall–Kier alpha value is -5.81. The number of anilines is 1. The zero-order chi connectivity index (χ0) is 59.6. The number of imidazole rings is 1. The van der Waals surface area contributed by atoms with E-state index in [9.17, 15) is 87.7 Å². The smallest absolute Gasteiger partial charge is 0.303 e. The van der Waals surface area contributed by atoms with Gasteiger partial charge >= 0.3 is 5.97 Å². The lowest BCUT2D eigenvalue weighted by Crippen LogP contribution is -2.65. The van der Waals surface area contributed by atoms with Crippen LogP contribution in [-0.2, 0) is 92.2 Å². The van der Waals surface area contributed by atoms with Crippen LogP contribution in [0.1, 0.15) is 74.2 Å². The normalized spacial score (nSPS) is 17.0. The van der Waals surface area contributed by atoms with E-state index >= 15 is 0 Å². The Kier molecular flexibility index (Phi) is 15.1. The minimum atomic E-state index is -5.20. The maximum Gasteiger partial charge on any atom is 0.303 e. The van der Waals surface area contributed by atoms with E-state index in [1.807, 2.05) is 13.1 Å². The number of aryl methyl sites for hydroxylation is 2. The summed E-state index contributed by atoms with van der Waals surface area (Å²) in [5.74, 6) is -2.47. The average molecular weight is 1240 g/mol. The van der Waals surface area contributed by atoms with E-state index in [-0.39, 0.29) is 63.8 Å². The highest BCUT2D eigenvalue weighted by Crippen LogP contribution is 2.43. The molecule has 0 bridgehead atoms. The molecule has 31 heteroatoms. The lowest BCUT2D eigenvalue weighted by atomic mass is 9.85. The number of benzene rings is 4. The maximum atomic E-state index is 13.0. The van der Waals surface area contributed by atoms with Crippen LogP contribution in [-0.4, -0.2) is 124 Å². The van der Waals surface area contributed by atoms with Crippen molar-refractivity contribution in [3.8, 4) is 0 Å². The molecule has 0 fully saturated rings. The van der Waals surface area contributed by atoms with E-state index in [1.165, 1.54) is 12.2 Å². The Labute approximate surface area is 462 Å². The molecule has 5 aromatic rings. The molecule has 1 aromatic heterocycles. The molecule has 24 nitrogen and oxygen atoms in total. The lowest BCUT2D eigenvalue weighted by molar-refractivity contribution is -0.673. The molecule has 8 rings (SSSR count). The van der Waals surface area contributed by atoms with Crippen molar-refractivity contribution in [1.82, 2.24) is 9.14 Å². The summed E-state index contributed by atoms with van der Waals surface area (Å²) < 4.78 is 219. The summed E-state index contributed by atoms with van der Waals surface area (Å²) in [6.07, 6.45) is 6.39. The summed E-state index contributed by atoms with van der Waals surface area (Å²) in [6.45, 7) is 9.85. The first kappa shape index (κ1) is 60.3. The van der Waals surface area contributed by atoms with Crippen LogP contribution >= 0.6 is 0 Å². The molecule has 4 heterocycles. The molecule has 0 saturated heterocycles. The zero-order valence-electron chi connectivity index (χ0n) is 43.7. The fourth-order valence-corrected chi connectivity index (χ4v) is 17.9. The number of rotatable bonds is 17. The van der Waals surface area contributed by atoms with Gasteiger partial charge in [0.2, 0.25) is 5.36 Å². The third-order valence-corrected chi connectivity index (χ3v) is 23.0. The van der Waals surface area contributed by atoms with Gasteiger partial charge < -0.3 is 10.0 Å². The molecule has 3 aliphatic heterocycles. The van der Waals surface area contributed by atoms with Gasteiger partial charge in [0.1, 0.15) is 41.8 Å². The molecule has 0 amide bonds. The molecule has 0 radical (unpaired) electrons. The van der Waals surface area contributed by atoms with Crippen LogP contribution in [0.2, 0.25) is 13.1 Å². The monoisotopic (exact) mass is 1240 g/mol. The molecule has 7 N–H and O–H groups in total. The zero-order valence-corrected chi connectivity index (χ0v) is 49.6. The van der Waals surface area contributed by atoms with Crippen molar-refractivity contribution < 1.29 is 92.3 Å². The van der Waals surface area contributed by atoms with E-state index in [0.717, 1.165) is 24.3 Å². The highest BCUT2D eigenvalue weighted by atomic mass is 32.2. The number of aromatic nitrogens is 2. The van der Waals surface area contributed by atoms with E-state index in [4.69, 9.17) is 0 Å². The van der Waals surface area contributed by atoms with Crippen LogP contribution in [0.3, 0.4) is 0 Å². The number of aliphatic carboxylic acids is 1. The molecule has 3 aliphatic rings. The van der Waals surface area contributed by atoms with Gasteiger partial charge in [-0.15, -0.1) is 0 Å². The molecule has 0 aliphatic carbocycles. The second kappa shape index (κ2) is 20.0. The third-order valence-electron chi connectivity index (χ3n) is 14.5. The molecule has 0 unspecified atom stereocenters. The Bertz CT molecular complexity index is 4470. The van der Waals surface area contributed by atoms with Gasteiger partial charge in [-0.25, -0.2) is 13.7 Å². The van der Waals surface area contributed by atoms with Crippen molar-refractivity contribution in [2.45, 2.75) is 104 Å². The largest absolute Gasteiger partial charge is 0.481 e. The molecule has 0 atom stereocenters. The van der Waals surface area contributed by atoms with Gasteiger partial charge in [0, 0.05) is 49.7 Å². The molecule has 0 saturated carbocycles. The number of nitrogens with zero attached hydrogens (tertiary/aromatic N) is 4. The van der Waals surface area contributed by atoms with Crippen LogP contribution in [0.15, 0.2) is 105 Å². The summed E-state index contributed by atoms with van der Waals surface area (Å²) in [5.41, 5.74) is -1.12. The van der Waals surface area contributed by atoms with Crippen molar-refractivity contribution in [2.24, 2.45) is 7.05 Å². The van der Waals surface area contributed by atoms with Crippen LogP contribution in [0, 0.1) is 0 Å². The Morgan fingerprint density at radius 2 is 1.18 bits per heavy atom. The molecular formula is C49H56N4O20S6Si+2. The van der Waals surface area contributed by atoms with Crippen LogP contribution in [0.5, 0.6) is 0 Å². The highest BCUT2D eigenvalue weighted by Gasteiger charge is 2.45. The number of carboxylic acids is 1. The van der Waals surface area contributed by atoms with Gasteiger partial charge in [-0.05, 0) is 113 Å². The third kappa shape index (κ3) is 11.9. The van der Waals surface area contributed by atoms with E-state index in [2.05, 4.69) is 0 Å². The van der Waals surface area contributed by atoms with Crippen LogP contribution in [0.25, 0.3) is 16.7 Å². The number of fused-ring (bicyclic) bond motifs is 4. The average Bonchev–Trinajstić information content (AvgIpc) is 2.78. The van der Waals surface area contributed by atoms with Crippen molar-refractivity contribution in [1.29, 1.82) is 0 Å². The van der Waals surface area contributed by atoms with Gasteiger partial charge in [-0.2, -0.15) is 50.5 Å². The minimum Gasteiger partial charge on any atom is -0.481 e. The highest BCUT2D eigenvalue weighted by molar-refractivity contribution is 7.87. The first-order chi connectivity index (χ1) is 36.4. The van der Waals surface area contributed by atoms with Crippen molar-refractivity contribution in [2.75, 3.05) is 16.4 Å². The van der Waals surface area contributed by atoms with Crippen molar-refractivity contribution in [3.05, 3.63) is 129 Å². The van der Waals surface area contributed by atoms with Gasteiger partial charge in [0.15, 0.2) is 12.1 Å². The minimum absolute atomic E-state index is 0.0877. The Balaban J connectivity index is 1.54. The number of carbonyl (C=O) groups is 1. The molecule has 0 spiro atoms. The summed E-state index contributed by atoms with van der Waals surface area (Å²) in [7, 11) is -31.7. The van der Waals surface area contributed by atoms with Crippen molar-refractivity contribution in [3.63, 3.8) is 0 Å². The molecular weight excluding hydrogens is 1190 g/mol.